The van der Waals surface area contributed by atoms with Gasteiger partial charge in [0.05, 0.1) is 11.6 Å². The molecule has 0 amide bonds. The molecule has 0 unspecified atom stereocenters. The summed E-state index contributed by atoms with van der Waals surface area (Å²) in [5.41, 5.74) is 0. The Kier molecular flexibility index (Phi) is 6.50. The van der Waals surface area contributed by atoms with Crippen LogP contribution in [0.1, 0.15) is 19.3 Å². The van der Waals surface area contributed by atoms with Gasteiger partial charge < -0.3 is 4.74 Å². The molecule has 0 aliphatic carbocycles. The van der Waals surface area contributed by atoms with Crippen LogP contribution in [0.15, 0.2) is 52.5 Å². The van der Waals surface area contributed by atoms with Crippen molar-refractivity contribution in [1.29, 1.82) is 0 Å². The van der Waals surface area contributed by atoms with Crippen molar-refractivity contribution < 1.29 is 17.5 Å². The van der Waals surface area contributed by atoms with Gasteiger partial charge in [-0.2, -0.15) is 4.31 Å². The monoisotopic (exact) mass is 396 g/mol. The quantitative estimate of drug-likeness (QED) is 0.504. The van der Waals surface area contributed by atoms with Crippen LogP contribution in [0.3, 0.4) is 0 Å². The van der Waals surface area contributed by atoms with Crippen LogP contribution in [0.25, 0.3) is 0 Å². The van der Waals surface area contributed by atoms with Crippen LogP contribution in [0.4, 0.5) is 4.39 Å². The molecule has 1 aromatic carbocycles. The summed E-state index contributed by atoms with van der Waals surface area (Å²) >= 11 is 1.55. The van der Waals surface area contributed by atoms with Gasteiger partial charge in [0.2, 0.25) is 10.0 Å². The second kappa shape index (κ2) is 8.83. The first-order valence-corrected chi connectivity index (χ1v) is 11.0. The van der Waals surface area contributed by atoms with Crippen molar-refractivity contribution >= 4 is 21.8 Å². The molecule has 1 saturated heterocycles. The Morgan fingerprint density at radius 1 is 1.12 bits per heavy atom. The summed E-state index contributed by atoms with van der Waals surface area (Å²) in [7, 11) is -3.40. The van der Waals surface area contributed by atoms with Crippen molar-refractivity contribution in [2.75, 3.05) is 25.4 Å². The van der Waals surface area contributed by atoms with Gasteiger partial charge in [-0.25, -0.2) is 17.8 Å². The van der Waals surface area contributed by atoms with E-state index in [1.165, 1.54) is 22.6 Å². The summed E-state index contributed by atoms with van der Waals surface area (Å²) in [4.78, 5) is 4.51. The van der Waals surface area contributed by atoms with E-state index in [2.05, 4.69) is 4.98 Å². The number of thioether (sulfide) groups is 1. The van der Waals surface area contributed by atoms with Gasteiger partial charge in [-0.15, -0.1) is 11.8 Å². The van der Waals surface area contributed by atoms with E-state index in [4.69, 9.17) is 4.74 Å². The molecule has 1 aromatic heterocycles. The molecule has 140 valence electrons. The lowest BCUT2D eigenvalue weighted by Crippen LogP contribution is -2.27. The molecular weight excluding hydrogens is 375 g/mol. The van der Waals surface area contributed by atoms with Gasteiger partial charge in [-0.1, -0.05) is 0 Å². The van der Waals surface area contributed by atoms with Gasteiger partial charge in [0.15, 0.2) is 0 Å². The Bertz CT molecular complexity index is 805. The third-order valence-electron chi connectivity index (χ3n) is 4.03. The lowest BCUT2D eigenvalue weighted by Gasteiger charge is -2.15. The third-order valence-corrected chi connectivity index (χ3v) is 6.95. The zero-order valence-electron chi connectivity index (χ0n) is 14.3. The number of pyridine rings is 1. The van der Waals surface area contributed by atoms with Crippen LogP contribution in [0.2, 0.25) is 0 Å². The molecular formula is C18H21FN2O3S2. The molecule has 0 radical (unpaired) electrons. The van der Waals surface area contributed by atoms with Gasteiger partial charge in [-0.3, -0.25) is 0 Å². The molecule has 0 bridgehead atoms. The maximum absolute atomic E-state index is 12.8. The fourth-order valence-corrected chi connectivity index (χ4v) is 4.86. The summed E-state index contributed by atoms with van der Waals surface area (Å²) in [5, 5.41) is 0.784. The van der Waals surface area contributed by atoms with Crippen molar-refractivity contribution in [3.05, 3.63) is 48.4 Å². The highest BCUT2D eigenvalue weighted by Gasteiger charge is 2.27. The molecule has 1 fully saturated rings. The topological polar surface area (TPSA) is 59.5 Å². The number of sulfonamides is 1. The number of halogens is 1. The summed E-state index contributed by atoms with van der Waals surface area (Å²) in [6, 6.07) is 9.30. The molecule has 0 atom stereocenters. The molecule has 0 spiro atoms. The van der Waals surface area contributed by atoms with Crippen molar-refractivity contribution in [1.82, 2.24) is 9.29 Å². The fourth-order valence-electron chi connectivity index (χ4n) is 2.64. The van der Waals surface area contributed by atoms with Crippen molar-refractivity contribution in [3.8, 4) is 5.75 Å². The van der Waals surface area contributed by atoms with Crippen LogP contribution in [0.5, 0.6) is 5.75 Å². The Balaban J connectivity index is 1.43. The van der Waals surface area contributed by atoms with E-state index in [9.17, 15) is 12.8 Å². The lowest BCUT2D eigenvalue weighted by molar-refractivity contribution is 0.318. The maximum atomic E-state index is 12.8. The van der Waals surface area contributed by atoms with E-state index in [1.54, 1.807) is 36.0 Å². The second-order valence-electron chi connectivity index (χ2n) is 5.95. The first-order chi connectivity index (χ1) is 12.6. The molecule has 0 saturated carbocycles. The molecule has 2 heterocycles. The highest BCUT2D eigenvalue weighted by Crippen LogP contribution is 2.23. The van der Waals surface area contributed by atoms with E-state index in [0.717, 1.165) is 30.0 Å². The predicted octanol–water partition coefficient (Wildman–Crippen LogP) is 3.57. The summed E-state index contributed by atoms with van der Waals surface area (Å²) < 4.78 is 44.7. The fraction of sp³-hybridized carbons (Fsp3) is 0.389. The van der Waals surface area contributed by atoms with Crippen molar-refractivity contribution in [2.24, 2.45) is 0 Å². The number of ether oxygens (including phenoxy) is 1. The standard InChI is InChI=1S/C18H21FN2O3S2/c19-15-4-6-16(7-5-15)24-12-3-13-25-18-9-8-17(14-20-18)26(22,23)21-10-1-2-11-21/h4-9,14H,1-3,10-13H2. The number of rotatable bonds is 8. The third kappa shape index (κ3) is 4.96. The van der Waals surface area contributed by atoms with Crippen LogP contribution >= 0.6 is 11.8 Å². The Labute approximate surface area is 157 Å². The summed E-state index contributed by atoms with van der Waals surface area (Å²) in [6.07, 6.45) is 4.07. The number of benzene rings is 1. The van der Waals surface area contributed by atoms with Crippen LogP contribution in [-0.2, 0) is 10.0 Å². The minimum atomic E-state index is -3.40. The Morgan fingerprint density at radius 2 is 1.85 bits per heavy atom. The molecule has 5 nitrogen and oxygen atoms in total. The van der Waals surface area contributed by atoms with E-state index < -0.39 is 10.0 Å². The highest BCUT2D eigenvalue weighted by atomic mass is 32.2. The molecule has 1 aliphatic rings. The predicted molar refractivity (Wildman–Crippen MR) is 99.5 cm³/mol. The molecule has 2 aromatic rings. The zero-order valence-corrected chi connectivity index (χ0v) is 15.9. The molecule has 8 heteroatoms. The number of hydrogen-bond acceptors (Lipinski definition) is 5. The van der Waals surface area contributed by atoms with E-state index in [0.29, 0.717) is 25.4 Å². The van der Waals surface area contributed by atoms with Gasteiger partial charge >= 0.3 is 0 Å². The van der Waals surface area contributed by atoms with Crippen LogP contribution in [0, 0.1) is 5.82 Å². The van der Waals surface area contributed by atoms with Crippen molar-refractivity contribution in [3.63, 3.8) is 0 Å². The zero-order chi connectivity index (χ0) is 18.4. The first-order valence-electron chi connectivity index (χ1n) is 8.53. The number of hydrogen-bond donors (Lipinski definition) is 0. The van der Waals surface area contributed by atoms with E-state index in [-0.39, 0.29) is 10.7 Å². The summed E-state index contributed by atoms with van der Waals surface area (Å²) in [5.74, 6) is 1.16. The molecule has 26 heavy (non-hydrogen) atoms. The molecule has 1 aliphatic heterocycles. The van der Waals surface area contributed by atoms with Crippen LogP contribution < -0.4 is 4.74 Å². The average molecular weight is 397 g/mol. The second-order valence-corrected chi connectivity index (χ2v) is 9.00. The highest BCUT2D eigenvalue weighted by molar-refractivity contribution is 7.99. The van der Waals surface area contributed by atoms with E-state index >= 15 is 0 Å². The SMILES string of the molecule is O=S(=O)(c1ccc(SCCCOc2ccc(F)cc2)nc1)N1CCCC1. The maximum Gasteiger partial charge on any atom is 0.244 e. The molecule has 3 rings (SSSR count). The Hall–Kier alpha value is -1.64. The number of nitrogens with zero attached hydrogens (tertiary/aromatic N) is 2. The minimum Gasteiger partial charge on any atom is -0.494 e. The average Bonchev–Trinajstić information content (AvgIpc) is 3.19. The minimum absolute atomic E-state index is 0.253. The lowest BCUT2D eigenvalue weighted by atomic mass is 10.3. The van der Waals surface area contributed by atoms with Gasteiger partial charge in [0.1, 0.15) is 16.5 Å². The van der Waals surface area contributed by atoms with Crippen LogP contribution in [-0.4, -0.2) is 43.2 Å². The first kappa shape index (κ1) is 19.1. The number of aromatic nitrogens is 1. The largest absolute Gasteiger partial charge is 0.494 e. The smallest absolute Gasteiger partial charge is 0.244 e. The van der Waals surface area contributed by atoms with E-state index in [1.807, 2.05) is 0 Å². The van der Waals surface area contributed by atoms with Gasteiger partial charge in [0, 0.05) is 25.0 Å². The molecule has 0 N–H and O–H groups in total. The van der Waals surface area contributed by atoms with Gasteiger partial charge in [0.25, 0.3) is 0 Å². The summed E-state index contributed by atoms with van der Waals surface area (Å²) in [6.45, 7) is 1.71. The Morgan fingerprint density at radius 3 is 2.50 bits per heavy atom. The van der Waals surface area contributed by atoms with Crippen molar-refractivity contribution in [2.45, 2.75) is 29.2 Å². The van der Waals surface area contributed by atoms with Gasteiger partial charge in [-0.05, 0) is 55.7 Å². The normalized spacial score (nSPS) is 15.3.